The smallest absolute Gasteiger partial charge is 0.254 e. The molecule has 5 aromatic rings. The van der Waals surface area contributed by atoms with E-state index in [4.69, 9.17) is 15.6 Å². The summed E-state index contributed by atoms with van der Waals surface area (Å²) < 4.78 is 23.7. The lowest BCUT2D eigenvalue weighted by molar-refractivity contribution is 0.0674. The standard InChI is InChI=1S/C36H37FN8O2/c37-30-21-43(19-23-8-13-29-25(17-23)20-44(36(29)46)26-5-4-15-39-18-26)16-14-31(30)45-35-32(34(38)40-22-41-35)33(42-45)24-9-11-28(12-10-24)47-27-6-2-1-3-7-27/h1-3,6-13,17,22,26,30-31,39H,4-5,14-16,18-21H2,(H2,38,40,41)/t26?,30-,31+/m0/s1. The number of piperidine rings is 2. The van der Waals surface area contributed by atoms with E-state index in [1.54, 1.807) is 4.68 Å². The molecule has 2 aromatic heterocycles. The van der Waals surface area contributed by atoms with Gasteiger partial charge in [0.1, 0.15) is 35.5 Å². The number of nitrogens with two attached hydrogens (primary N) is 1. The Bertz CT molecular complexity index is 1910. The highest BCUT2D eigenvalue weighted by atomic mass is 19.1. The summed E-state index contributed by atoms with van der Waals surface area (Å²) in [7, 11) is 0. The summed E-state index contributed by atoms with van der Waals surface area (Å²) in [6.45, 7) is 4.09. The molecule has 8 rings (SSSR count). The number of likely N-dealkylation sites (tertiary alicyclic amines) is 1. The number of rotatable bonds is 7. The zero-order valence-electron chi connectivity index (χ0n) is 26.1. The molecule has 3 N–H and O–H groups in total. The Morgan fingerprint density at radius 1 is 1.00 bits per heavy atom. The number of para-hydroxylation sites is 1. The second kappa shape index (κ2) is 12.4. The van der Waals surface area contributed by atoms with Crippen LogP contribution in [0.1, 0.15) is 46.8 Å². The Kier molecular flexibility index (Phi) is 7.78. The van der Waals surface area contributed by atoms with E-state index in [-0.39, 0.29) is 18.5 Å². The molecule has 1 amide bonds. The van der Waals surface area contributed by atoms with Gasteiger partial charge in [-0.25, -0.2) is 19.0 Å². The summed E-state index contributed by atoms with van der Waals surface area (Å²) in [5.41, 5.74) is 11.3. The zero-order chi connectivity index (χ0) is 31.9. The van der Waals surface area contributed by atoms with E-state index in [9.17, 15) is 4.79 Å². The van der Waals surface area contributed by atoms with Gasteiger partial charge in [-0.05, 0) is 79.4 Å². The minimum Gasteiger partial charge on any atom is -0.457 e. The third kappa shape index (κ3) is 5.70. The lowest BCUT2D eigenvalue weighted by Gasteiger charge is -2.34. The molecule has 10 nitrogen and oxygen atoms in total. The summed E-state index contributed by atoms with van der Waals surface area (Å²) in [6.07, 6.45) is 2.93. The van der Waals surface area contributed by atoms with Crippen molar-refractivity contribution in [3.8, 4) is 22.8 Å². The minimum absolute atomic E-state index is 0.122. The zero-order valence-corrected chi connectivity index (χ0v) is 26.1. The van der Waals surface area contributed by atoms with Gasteiger partial charge in [-0.2, -0.15) is 5.10 Å². The van der Waals surface area contributed by atoms with E-state index in [1.807, 2.05) is 71.6 Å². The number of nitrogens with one attached hydrogen (secondary N) is 1. The number of amides is 1. The van der Waals surface area contributed by atoms with Crippen LogP contribution in [-0.4, -0.2) is 73.8 Å². The maximum atomic E-state index is 16.1. The highest BCUT2D eigenvalue weighted by Crippen LogP contribution is 2.36. The fourth-order valence-electron chi connectivity index (χ4n) is 7.26. The quantitative estimate of drug-likeness (QED) is 0.247. The van der Waals surface area contributed by atoms with Crippen molar-refractivity contribution in [2.45, 2.75) is 50.6 Å². The normalized spacial score (nSPS) is 21.7. The first-order valence-electron chi connectivity index (χ1n) is 16.3. The number of hydrogen-bond donors (Lipinski definition) is 2. The summed E-state index contributed by atoms with van der Waals surface area (Å²) in [5.74, 6) is 1.87. The molecule has 47 heavy (non-hydrogen) atoms. The Balaban J connectivity index is 0.979. The maximum absolute atomic E-state index is 16.1. The number of nitrogens with zero attached hydrogens (tertiary/aromatic N) is 6. The molecule has 0 saturated carbocycles. The van der Waals surface area contributed by atoms with Gasteiger partial charge < -0.3 is 20.7 Å². The third-order valence-corrected chi connectivity index (χ3v) is 9.65. The Hall–Kier alpha value is -4.87. The van der Waals surface area contributed by atoms with E-state index in [0.29, 0.717) is 54.3 Å². The van der Waals surface area contributed by atoms with Crippen molar-refractivity contribution in [2.75, 3.05) is 31.9 Å². The number of halogens is 1. The number of fused-ring (bicyclic) bond motifs is 2. The van der Waals surface area contributed by atoms with Gasteiger partial charge in [0.25, 0.3) is 5.91 Å². The fraction of sp³-hybridized carbons (Fsp3) is 0.333. The monoisotopic (exact) mass is 632 g/mol. The second-order valence-corrected chi connectivity index (χ2v) is 12.7. The number of aromatic nitrogens is 4. The van der Waals surface area contributed by atoms with Crippen molar-refractivity contribution in [1.29, 1.82) is 0 Å². The molecule has 3 aliphatic heterocycles. The first-order valence-corrected chi connectivity index (χ1v) is 16.3. The van der Waals surface area contributed by atoms with Gasteiger partial charge in [-0.3, -0.25) is 9.69 Å². The van der Waals surface area contributed by atoms with Crippen LogP contribution in [0.15, 0.2) is 79.1 Å². The largest absolute Gasteiger partial charge is 0.457 e. The van der Waals surface area contributed by atoms with Crippen molar-refractivity contribution in [1.82, 2.24) is 34.9 Å². The predicted molar refractivity (Wildman–Crippen MR) is 178 cm³/mol. The van der Waals surface area contributed by atoms with Gasteiger partial charge in [0.05, 0.1) is 11.4 Å². The maximum Gasteiger partial charge on any atom is 0.254 e. The lowest BCUT2D eigenvalue weighted by Crippen LogP contribution is -2.46. The first-order chi connectivity index (χ1) is 23.0. The van der Waals surface area contributed by atoms with Gasteiger partial charge in [-0.15, -0.1) is 0 Å². The second-order valence-electron chi connectivity index (χ2n) is 12.7. The molecule has 0 aliphatic carbocycles. The fourth-order valence-corrected chi connectivity index (χ4v) is 7.26. The van der Waals surface area contributed by atoms with Gasteiger partial charge in [0.2, 0.25) is 0 Å². The van der Waals surface area contributed by atoms with Crippen LogP contribution in [-0.2, 0) is 13.1 Å². The van der Waals surface area contributed by atoms with Crippen LogP contribution < -0.4 is 15.8 Å². The molecule has 0 radical (unpaired) electrons. The highest BCUT2D eigenvalue weighted by molar-refractivity contribution is 5.99. The molecule has 2 saturated heterocycles. The van der Waals surface area contributed by atoms with Crippen LogP contribution in [0, 0.1) is 0 Å². The number of carbonyl (C=O) groups is 1. The van der Waals surface area contributed by atoms with E-state index in [2.05, 4.69) is 26.3 Å². The van der Waals surface area contributed by atoms with E-state index in [0.717, 1.165) is 53.9 Å². The molecule has 2 fully saturated rings. The molecule has 3 atom stereocenters. The summed E-state index contributed by atoms with van der Waals surface area (Å²) in [5, 5.41) is 8.93. The Labute approximate surface area is 272 Å². The number of nitrogen functional groups attached to an aromatic ring is 1. The number of carbonyl (C=O) groups excluding carboxylic acids is 1. The van der Waals surface area contributed by atoms with Crippen LogP contribution in [0.5, 0.6) is 11.5 Å². The van der Waals surface area contributed by atoms with Crippen molar-refractivity contribution in [2.24, 2.45) is 0 Å². The van der Waals surface area contributed by atoms with Crippen LogP contribution in [0.25, 0.3) is 22.3 Å². The highest BCUT2D eigenvalue weighted by Gasteiger charge is 2.35. The lowest BCUT2D eigenvalue weighted by atomic mass is 10.0. The molecular weight excluding hydrogens is 595 g/mol. The Morgan fingerprint density at radius 2 is 1.83 bits per heavy atom. The van der Waals surface area contributed by atoms with E-state index in [1.165, 1.54) is 6.33 Å². The summed E-state index contributed by atoms with van der Waals surface area (Å²) >= 11 is 0. The van der Waals surface area contributed by atoms with Crippen LogP contribution in [0.3, 0.4) is 0 Å². The number of benzene rings is 3. The summed E-state index contributed by atoms with van der Waals surface area (Å²) in [4.78, 5) is 26.0. The van der Waals surface area contributed by atoms with Crippen LogP contribution in [0.4, 0.5) is 10.2 Å². The van der Waals surface area contributed by atoms with Gasteiger partial charge in [0, 0.05) is 49.9 Å². The number of ether oxygens (including phenoxy) is 1. The average Bonchev–Trinajstić information content (AvgIpc) is 3.64. The van der Waals surface area contributed by atoms with E-state index < -0.39 is 12.2 Å². The van der Waals surface area contributed by atoms with Crippen molar-refractivity contribution >= 4 is 22.8 Å². The predicted octanol–water partition coefficient (Wildman–Crippen LogP) is 5.36. The molecule has 1 unspecified atom stereocenters. The van der Waals surface area contributed by atoms with E-state index >= 15 is 4.39 Å². The molecule has 0 spiro atoms. The molecule has 0 bridgehead atoms. The first kappa shape index (κ1) is 29.5. The van der Waals surface area contributed by atoms with Crippen molar-refractivity contribution in [3.05, 3.63) is 95.8 Å². The van der Waals surface area contributed by atoms with Crippen molar-refractivity contribution in [3.63, 3.8) is 0 Å². The van der Waals surface area contributed by atoms with Crippen LogP contribution in [0.2, 0.25) is 0 Å². The molecular formula is C36H37FN8O2. The third-order valence-electron chi connectivity index (χ3n) is 9.65. The van der Waals surface area contributed by atoms with Gasteiger partial charge in [0.15, 0.2) is 5.65 Å². The molecule has 11 heteroatoms. The molecule has 3 aliphatic rings. The van der Waals surface area contributed by atoms with Gasteiger partial charge in [-0.1, -0.05) is 30.3 Å². The minimum atomic E-state index is -1.16. The molecule has 3 aromatic carbocycles. The topological polar surface area (TPSA) is 114 Å². The SMILES string of the molecule is Nc1ncnc2c1c(-c1ccc(Oc3ccccc3)cc1)nn2[C@@H]1CCN(Cc2ccc3c(c2)CN(C2CCCNC2)C3=O)C[C@@H]1F. The number of hydrogen-bond acceptors (Lipinski definition) is 8. The van der Waals surface area contributed by atoms with Gasteiger partial charge >= 0.3 is 0 Å². The summed E-state index contributed by atoms with van der Waals surface area (Å²) in [6, 6.07) is 23.0. The number of anilines is 1. The molecule has 240 valence electrons. The molecule has 5 heterocycles. The average molecular weight is 633 g/mol. The van der Waals surface area contributed by atoms with Crippen molar-refractivity contribution < 1.29 is 13.9 Å². The Morgan fingerprint density at radius 3 is 2.62 bits per heavy atom. The number of alkyl halides is 1. The van der Waals surface area contributed by atoms with Crippen LogP contribution >= 0.6 is 0 Å².